The van der Waals surface area contributed by atoms with Crippen molar-refractivity contribution in [3.8, 4) is 0 Å². The average Bonchev–Trinajstić information content (AvgIpc) is 2.39. The average molecular weight is 267 g/mol. The summed E-state index contributed by atoms with van der Waals surface area (Å²) in [5.41, 5.74) is 0.0513. The Morgan fingerprint density at radius 2 is 2.06 bits per heavy atom. The van der Waals surface area contributed by atoms with E-state index in [4.69, 9.17) is 16.3 Å². The van der Waals surface area contributed by atoms with Gasteiger partial charge in [-0.1, -0.05) is 43.0 Å². The second-order valence-electron chi connectivity index (χ2n) is 4.83. The summed E-state index contributed by atoms with van der Waals surface area (Å²) >= 11 is 5.96. The summed E-state index contributed by atoms with van der Waals surface area (Å²) in [5, 5.41) is 0.600. The van der Waals surface area contributed by atoms with Gasteiger partial charge in [0, 0.05) is 17.2 Å². The number of rotatable bonds is 4. The van der Waals surface area contributed by atoms with E-state index in [0.717, 1.165) is 25.7 Å². The van der Waals surface area contributed by atoms with E-state index in [-0.39, 0.29) is 5.78 Å². The van der Waals surface area contributed by atoms with Crippen molar-refractivity contribution in [1.29, 1.82) is 0 Å². The fourth-order valence-corrected chi connectivity index (χ4v) is 2.92. The number of ether oxygens (including phenoxy) is 1. The number of halogens is 1. The molecule has 0 bridgehead atoms. The summed E-state index contributed by atoms with van der Waals surface area (Å²) in [6.07, 6.45) is 4.97. The maximum Gasteiger partial charge on any atom is 0.194 e. The molecular weight excluding hydrogens is 248 g/mol. The molecule has 0 unspecified atom stereocenters. The third-order valence-corrected chi connectivity index (χ3v) is 3.82. The van der Waals surface area contributed by atoms with Gasteiger partial charge in [-0.05, 0) is 31.9 Å². The molecule has 0 aliphatic heterocycles. The van der Waals surface area contributed by atoms with E-state index < -0.39 is 5.60 Å². The predicted molar refractivity (Wildman–Crippen MR) is 73.2 cm³/mol. The highest BCUT2D eigenvalue weighted by atomic mass is 35.5. The van der Waals surface area contributed by atoms with E-state index in [1.165, 1.54) is 6.42 Å². The van der Waals surface area contributed by atoms with Crippen LogP contribution in [-0.2, 0) is 4.74 Å². The van der Waals surface area contributed by atoms with Gasteiger partial charge in [-0.15, -0.1) is 0 Å². The fourth-order valence-electron chi connectivity index (χ4n) is 2.73. The van der Waals surface area contributed by atoms with Crippen molar-refractivity contribution in [3.63, 3.8) is 0 Å². The molecule has 18 heavy (non-hydrogen) atoms. The maximum absolute atomic E-state index is 12.7. The van der Waals surface area contributed by atoms with Gasteiger partial charge in [-0.3, -0.25) is 4.79 Å². The van der Waals surface area contributed by atoms with Crippen LogP contribution < -0.4 is 0 Å². The molecule has 1 aliphatic rings. The van der Waals surface area contributed by atoms with Gasteiger partial charge in [0.05, 0.1) is 0 Å². The number of carbonyl (C=O) groups is 1. The van der Waals surface area contributed by atoms with Gasteiger partial charge in [-0.2, -0.15) is 0 Å². The Hall–Kier alpha value is -0.860. The Morgan fingerprint density at radius 1 is 1.33 bits per heavy atom. The lowest BCUT2D eigenvalue weighted by Crippen LogP contribution is -2.43. The van der Waals surface area contributed by atoms with Gasteiger partial charge in [0.1, 0.15) is 5.60 Å². The number of benzene rings is 1. The number of hydrogen-bond donors (Lipinski definition) is 0. The molecule has 0 N–H and O–H groups in total. The predicted octanol–water partition coefficient (Wildman–Crippen LogP) is 4.26. The lowest BCUT2D eigenvalue weighted by molar-refractivity contribution is -0.0411. The van der Waals surface area contributed by atoms with E-state index in [1.54, 1.807) is 12.1 Å². The first-order chi connectivity index (χ1) is 8.68. The molecule has 0 atom stereocenters. The number of carbonyl (C=O) groups excluding carboxylic acids is 1. The number of ketones is 1. The number of hydrogen-bond acceptors (Lipinski definition) is 2. The SMILES string of the molecule is CCOC1(C(=O)c2cccc(Cl)c2)CCCCC1. The molecule has 1 saturated carbocycles. The Balaban J connectivity index is 2.28. The number of Topliss-reactive ketones (excluding diaryl/α,β-unsaturated/α-hetero) is 1. The van der Waals surface area contributed by atoms with Crippen LogP contribution in [-0.4, -0.2) is 18.0 Å². The Labute approximate surface area is 113 Å². The van der Waals surface area contributed by atoms with Crippen LogP contribution in [0.1, 0.15) is 49.4 Å². The molecule has 1 aromatic rings. The van der Waals surface area contributed by atoms with E-state index in [9.17, 15) is 4.79 Å². The van der Waals surface area contributed by atoms with Crippen molar-refractivity contribution in [2.24, 2.45) is 0 Å². The van der Waals surface area contributed by atoms with E-state index in [0.29, 0.717) is 17.2 Å². The van der Waals surface area contributed by atoms with Crippen LogP contribution in [0.15, 0.2) is 24.3 Å². The maximum atomic E-state index is 12.7. The van der Waals surface area contributed by atoms with Gasteiger partial charge in [-0.25, -0.2) is 0 Å². The van der Waals surface area contributed by atoms with E-state index in [2.05, 4.69) is 0 Å². The van der Waals surface area contributed by atoms with Crippen molar-refractivity contribution in [3.05, 3.63) is 34.9 Å². The third kappa shape index (κ3) is 2.76. The summed E-state index contributed by atoms with van der Waals surface area (Å²) in [6, 6.07) is 7.16. The molecule has 0 heterocycles. The topological polar surface area (TPSA) is 26.3 Å². The van der Waals surface area contributed by atoms with Crippen molar-refractivity contribution in [2.75, 3.05) is 6.61 Å². The first kappa shape index (κ1) is 13.6. The molecule has 0 amide bonds. The zero-order valence-electron chi connectivity index (χ0n) is 10.7. The highest BCUT2D eigenvalue weighted by Gasteiger charge is 2.40. The van der Waals surface area contributed by atoms with Crippen LogP contribution in [0.4, 0.5) is 0 Å². The van der Waals surface area contributed by atoms with Crippen molar-refractivity contribution < 1.29 is 9.53 Å². The van der Waals surface area contributed by atoms with Gasteiger partial charge < -0.3 is 4.74 Å². The van der Waals surface area contributed by atoms with E-state index in [1.807, 2.05) is 19.1 Å². The minimum atomic E-state index is -0.613. The van der Waals surface area contributed by atoms with Crippen LogP contribution in [0.2, 0.25) is 5.02 Å². The molecule has 0 radical (unpaired) electrons. The van der Waals surface area contributed by atoms with Crippen LogP contribution in [0, 0.1) is 0 Å². The normalized spacial score (nSPS) is 18.6. The standard InChI is InChI=1S/C15H19ClO2/c1-2-18-15(9-4-3-5-10-15)14(17)12-7-6-8-13(16)11-12/h6-8,11H,2-5,9-10H2,1H3. The Morgan fingerprint density at radius 3 is 2.67 bits per heavy atom. The molecular formula is C15H19ClO2. The van der Waals surface area contributed by atoms with Crippen LogP contribution in [0.3, 0.4) is 0 Å². The largest absolute Gasteiger partial charge is 0.367 e. The summed E-state index contributed by atoms with van der Waals surface area (Å²) in [6.45, 7) is 2.52. The summed E-state index contributed by atoms with van der Waals surface area (Å²) < 4.78 is 5.83. The molecule has 2 nitrogen and oxygen atoms in total. The highest BCUT2D eigenvalue weighted by molar-refractivity contribution is 6.31. The zero-order valence-corrected chi connectivity index (χ0v) is 11.5. The molecule has 98 valence electrons. The minimum absolute atomic E-state index is 0.0894. The molecule has 0 aromatic heterocycles. The van der Waals surface area contributed by atoms with Crippen LogP contribution in [0.5, 0.6) is 0 Å². The molecule has 0 saturated heterocycles. The molecule has 1 aliphatic carbocycles. The van der Waals surface area contributed by atoms with Gasteiger partial charge >= 0.3 is 0 Å². The Kier molecular flexibility index (Phi) is 4.41. The lowest BCUT2D eigenvalue weighted by Gasteiger charge is -2.35. The first-order valence-electron chi connectivity index (χ1n) is 6.62. The van der Waals surface area contributed by atoms with Gasteiger partial charge in [0.2, 0.25) is 0 Å². The lowest BCUT2D eigenvalue weighted by atomic mass is 9.79. The van der Waals surface area contributed by atoms with Gasteiger partial charge in [0.25, 0.3) is 0 Å². The Bertz CT molecular complexity index is 417. The third-order valence-electron chi connectivity index (χ3n) is 3.58. The second-order valence-corrected chi connectivity index (χ2v) is 5.26. The van der Waals surface area contributed by atoms with Crippen LogP contribution >= 0.6 is 11.6 Å². The monoisotopic (exact) mass is 266 g/mol. The summed E-state index contributed by atoms with van der Waals surface area (Å²) in [7, 11) is 0. The molecule has 2 rings (SSSR count). The highest BCUT2D eigenvalue weighted by Crippen LogP contribution is 2.35. The molecule has 0 spiro atoms. The van der Waals surface area contributed by atoms with Crippen molar-refractivity contribution in [1.82, 2.24) is 0 Å². The quantitative estimate of drug-likeness (QED) is 0.761. The molecule has 1 fully saturated rings. The summed E-state index contributed by atoms with van der Waals surface area (Å²) in [4.78, 5) is 12.7. The van der Waals surface area contributed by atoms with Crippen molar-refractivity contribution >= 4 is 17.4 Å². The zero-order chi connectivity index (χ0) is 13.0. The smallest absolute Gasteiger partial charge is 0.194 e. The second kappa shape index (κ2) is 5.85. The summed E-state index contributed by atoms with van der Waals surface area (Å²) in [5.74, 6) is 0.0894. The van der Waals surface area contributed by atoms with E-state index >= 15 is 0 Å². The first-order valence-corrected chi connectivity index (χ1v) is 7.00. The van der Waals surface area contributed by atoms with Crippen molar-refractivity contribution in [2.45, 2.75) is 44.6 Å². The fraction of sp³-hybridized carbons (Fsp3) is 0.533. The minimum Gasteiger partial charge on any atom is -0.367 e. The van der Waals surface area contributed by atoms with Crippen LogP contribution in [0.25, 0.3) is 0 Å². The molecule has 3 heteroatoms. The van der Waals surface area contributed by atoms with Gasteiger partial charge in [0.15, 0.2) is 5.78 Å². The molecule has 1 aromatic carbocycles.